The van der Waals surface area contributed by atoms with Crippen molar-refractivity contribution in [1.82, 2.24) is 0 Å². The van der Waals surface area contributed by atoms with Crippen LogP contribution in [0.2, 0.25) is 5.02 Å². The molecule has 27 heavy (non-hydrogen) atoms. The van der Waals surface area contributed by atoms with E-state index in [1.54, 1.807) is 30.3 Å². The molecule has 0 spiro atoms. The summed E-state index contributed by atoms with van der Waals surface area (Å²) in [5.41, 5.74) is 2.27. The lowest BCUT2D eigenvalue weighted by atomic mass is 10.2. The first kappa shape index (κ1) is 21.2. The smallest absolute Gasteiger partial charge is 0.165 e. The van der Waals surface area contributed by atoms with E-state index in [1.807, 2.05) is 12.1 Å². The molecule has 0 saturated heterocycles. The second-order valence-corrected chi connectivity index (χ2v) is 7.88. The van der Waals surface area contributed by atoms with Crippen LogP contribution in [0.3, 0.4) is 0 Å². The lowest BCUT2D eigenvalue weighted by molar-refractivity contribution is -0.113. The Hall–Kier alpha value is -2.07. The van der Waals surface area contributed by atoms with E-state index >= 15 is 0 Å². The van der Waals surface area contributed by atoms with E-state index in [-0.39, 0.29) is 17.1 Å². The van der Waals surface area contributed by atoms with Crippen molar-refractivity contribution < 1.29 is 9.90 Å². The largest absolute Gasteiger partial charge is 0.512 e. The fourth-order valence-corrected chi connectivity index (χ4v) is 3.82. The number of nitrogens with zero attached hydrogens (tertiary/aromatic N) is 2. The number of hydrogen-bond donors (Lipinski definition) is 1. The number of carbonyl (C=O) groups excluding carboxylic acids is 1. The number of hydrogen-bond acceptors (Lipinski definition) is 5. The SMILES string of the molecule is CC(=O)C(C(=Nc1cc(Cl)ccc1Br)SCc1ccc(C#N)cc1)=C(C)O. The molecule has 2 rings (SSSR count). The summed E-state index contributed by atoms with van der Waals surface area (Å²) in [7, 11) is 0. The number of ketones is 1. The van der Waals surface area contributed by atoms with Crippen molar-refractivity contribution in [2.45, 2.75) is 19.6 Å². The molecule has 0 unspecified atom stereocenters. The molecule has 138 valence electrons. The van der Waals surface area contributed by atoms with E-state index in [2.05, 4.69) is 27.0 Å². The van der Waals surface area contributed by atoms with Gasteiger partial charge >= 0.3 is 0 Å². The third-order valence-corrected chi connectivity index (χ3v) is 5.47. The maximum atomic E-state index is 12.1. The fraction of sp³-hybridized carbons (Fsp3) is 0.150. The Morgan fingerprint density at radius 2 is 1.93 bits per heavy atom. The zero-order valence-corrected chi connectivity index (χ0v) is 17.8. The van der Waals surface area contributed by atoms with Gasteiger partial charge in [-0.15, -0.1) is 11.8 Å². The number of allylic oxidation sites excluding steroid dienone is 1. The topological polar surface area (TPSA) is 73.5 Å². The van der Waals surface area contributed by atoms with Gasteiger partial charge in [0.25, 0.3) is 0 Å². The zero-order chi connectivity index (χ0) is 20.0. The van der Waals surface area contributed by atoms with Crippen LogP contribution in [-0.4, -0.2) is 15.9 Å². The van der Waals surface area contributed by atoms with Gasteiger partial charge in [-0.1, -0.05) is 23.7 Å². The van der Waals surface area contributed by atoms with Crippen LogP contribution < -0.4 is 0 Å². The summed E-state index contributed by atoms with van der Waals surface area (Å²) in [5, 5.41) is 19.8. The van der Waals surface area contributed by atoms with Crippen molar-refractivity contribution >= 4 is 55.8 Å². The molecule has 0 aliphatic heterocycles. The molecule has 0 bridgehead atoms. The van der Waals surface area contributed by atoms with E-state index in [0.717, 1.165) is 10.0 Å². The summed E-state index contributed by atoms with van der Waals surface area (Å²) in [6, 6.07) is 14.4. The Kier molecular flexibility index (Phi) is 7.66. The van der Waals surface area contributed by atoms with Crippen LogP contribution in [0.4, 0.5) is 5.69 Å². The third-order valence-electron chi connectivity index (χ3n) is 3.52. The van der Waals surface area contributed by atoms with Gasteiger partial charge in [0, 0.05) is 15.2 Å². The third kappa shape index (κ3) is 5.96. The van der Waals surface area contributed by atoms with E-state index in [0.29, 0.717) is 27.1 Å². The molecule has 0 saturated carbocycles. The second kappa shape index (κ2) is 9.75. The van der Waals surface area contributed by atoms with Crippen molar-refractivity contribution in [2.75, 3.05) is 0 Å². The van der Waals surface area contributed by atoms with Crippen LogP contribution >= 0.6 is 39.3 Å². The quantitative estimate of drug-likeness (QED) is 0.242. The molecule has 1 N–H and O–H groups in total. The molecule has 0 aromatic heterocycles. The minimum atomic E-state index is -0.278. The fourth-order valence-electron chi connectivity index (χ4n) is 2.23. The van der Waals surface area contributed by atoms with Gasteiger partial charge < -0.3 is 5.11 Å². The number of aliphatic imine (C=N–C) groups is 1. The first-order chi connectivity index (χ1) is 12.8. The number of carbonyl (C=O) groups is 1. The Morgan fingerprint density at radius 3 is 2.48 bits per heavy atom. The van der Waals surface area contributed by atoms with Gasteiger partial charge in [0.2, 0.25) is 0 Å². The predicted molar refractivity (Wildman–Crippen MR) is 115 cm³/mol. The molecule has 0 fully saturated rings. The summed E-state index contributed by atoms with van der Waals surface area (Å²) in [5.74, 6) is 0.151. The number of aliphatic hydroxyl groups excluding tert-OH is 1. The van der Waals surface area contributed by atoms with Crippen LogP contribution in [-0.2, 0) is 10.5 Å². The lowest BCUT2D eigenvalue weighted by Gasteiger charge is -2.11. The molecule has 4 nitrogen and oxygen atoms in total. The van der Waals surface area contributed by atoms with Crippen LogP contribution in [0.5, 0.6) is 0 Å². The molecule has 0 aliphatic carbocycles. The van der Waals surface area contributed by atoms with Crippen molar-refractivity contribution in [3.63, 3.8) is 0 Å². The highest BCUT2D eigenvalue weighted by atomic mass is 79.9. The summed E-state index contributed by atoms with van der Waals surface area (Å²) in [6.45, 7) is 2.85. The first-order valence-corrected chi connectivity index (χ1v) is 10.0. The zero-order valence-electron chi connectivity index (χ0n) is 14.7. The standard InChI is InChI=1S/C20H16BrClN2O2S/c1-12(25)19(13(2)26)20(24-18-9-16(22)7-8-17(18)21)27-11-15-5-3-14(10-23)4-6-15/h3-9,25H,11H2,1-2H3. The molecule has 7 heteroatoms. The van der Waals surface area contributed by atoms with Crippen LogP contribution in [0.15, 0.2) is 63.3 Å². The van der Waals surface area contributed by atoms with Gasteiger partial charge in [-0.05, 0) is 65.7 Å². The molecule has 0 radical (unpaired) electrons. The number of rotatable bonds is 5. The summed E-state index contributed by atoms with van der Waals surface area (Å²) >= 11 is 10.8. The second-order valence-electron chi connectivity index (χ2n) is 5.63. The van der Waals surface area contributed by atoms with Crippen LogP contribution in [0.25, 0.3) is 0 Å². The highest BCUT2D eigenvalue weighted by Crippen LogP contribution is 2.32. The Labute approximate surface area is 175 Å². The summed E-state index contributed by atoms with van der Waals surface area (Å²) < 4.78 is 0.724. The first-order valence-electron chi connectivity index (χ1n) is 7.88. The van der Waals surface area contributed by atoms with E-state index in [4.69, 9.17) is 16.9 Å². The predicted octanol–water partition coefficient (Wildman–Crippen LogP) is 6.36. The van der Waals surface area contributed by atoms with E-state index < -0.39 is 0 Å². The molecule has 0 atom stereocenters. The van der Waals surface area contributed by atoms with Gasteiger partial charge in [-0.2, -0.15) is 5.26 Å². The van der Waals surface area contributed by atoms with Crippen molar-refractivity contribution in [3.8, 4) is 6.07 Å². The number of nitriles is 1. The van der Waals surface area contributed by atoms with Crippen LogP contribution in [0, 0.1) is 11.3 Å². The summed E-state index contributed by atoms with van der Waals surface area (Å²) in [6.07, 6.45) is 0. The number of benzene rings is 2. The minimum absolute atomic E-state index is 0.0910. The van der Waals surface area contributed by atoms with Crippen molar-refractivity contribution in [3.05, 3.63) is 74.4 Å². The Morgan fingerprint density at radius 1 is 1.26 bits per heavy atom. The molecule has 0 heterocycles. The van der Waals surface area contributed by atoms with Crippen LogP contribution in [0.1, 0.15) is 25.0 Å². The molecule has 0 amide bonds. The number of thioether (sulfide) groups is 1. The minimum Gasteiger partial charge on any atom is -0.512 e. The molecular weight excluding hydrogens is 448 g/mol. The molecular formula is C20H16BrClN2O2S. The normalized spacial score (nSPS) is 12.3. The van der Waals surface area contributed by atoms with E-state index in [1.165, 1.54) is 25.6 Å². The Balaban J connectivity index is 2.42. The average Bonchev–Trinajstić information content (AvgIpc) is 2.62. The average molecular weight is 464 g/mol. The van der Waals surface area contributed by atoms with E-state index in [9.17, 15) is 9.90 Å². The lowest BCUT2D eigenvalue weighted by Crippen LogP contribution is -2.10. The molecule has 2 aromatic rings. The monoisotopic (exact) mass is 462 g/mol. The number of Topliss-reactive ketones (excluding diaryl/α,β-unsaturated/α-hetero) is 1. The Bertz CT molecular complexity index is 959. The maximum absolute atomic E-state index is 12.1. The van der Waals surface area contributed by atoms with Gasteiger partial charge in [-0.25, -0.2) is 4.99 Å². The highest BCUT2D eigenvalue weighted by molar-refractivity contribution is 9.10. The van der Waals surface area contributed by atoms with Gasteiger partial charge in [0.05, 0.1) is 22.9 Å². The van der Waals surface area contributed by atoms with Crippen molar-refractivity contribution in [2.24, 2.45) is 4.99 Å². The molecule has 0 aliphatic rings. The summed E-state index contributed by atoms with van der Waals surface area (Å²) in [4.78, 5) is 16.6. The highest BCUT2D eigenvalue weighted by Gasteiger charge is 2.18. The van der Waals surface area contributed by atoms with Gasteiger partial charge in [0.15, 0.2) is 5.78 Å². The number of aliphatic hydroxyl groups is 1. The van der Waals surface area contributed by atoms with Gasteiger partial charge in [0.1, 0.15) is 10.8 Å². The maximum Gasteiger partial charge on any atom is 0.165 e. The number of halogens is 2. The van der Waals surface area contributed by atoms with Crippen molar-refractivity contribution in [1.29, 1.82) is 5.26 Å². The van der Waals surface area contributed by atoms with Gasteiger partial charge in [-0.3, -0.25) is 4.79 Å². The molecule has 2 aromatic carbocycles.